The monoisotopic (exact) mass is 801 g/mol. The number of alkyl carbamates (subject to hydrolysis) is 1. The highest BCUT2D eigenvalue weighted by molar-refractivity contribution is 5.71. The van der Waals surface area contributed by atoms with Gasteiger partial charge >= 0.3 is 24.2 Å². The Labute approximate surface area is 341 Å². The molecule has 57 heavy (non-hydrogen) atoms. The summed E-state index contributed by atoms with van der Waals surface area (Å²) in [6.07, 6.45) is 15.9. The average Bonchev–Trinajstić information content (AvgIpc) is 3.43. The summed E-state index contributed by atoms with van der Waals surface area (Å²) < 4.78 is 23.0. The molecule has 3 aliphatic heterocycles. The van der Waals surface area contributed by atoms with E-state index in [2.05, 4.69) is 10.2 Å². The molecule has 4 rings (SSSR count). The molecule has 2 N–H and O–H groups in total. The third kappa shape index (κ3) is 15.3. The Balaban J connectivity index is 1.33. The number of allylic oxidation sites excluding steroid dienone is 2. The number of hydrogen-bond donors (Lipinski definition) is 2. The molecule has 0 bridgehead atoms. The number of carbonyl (C=O) groups excluding carboxylic acids is 4. The van der Waals surface area contributed by atoms with Crippen molar-refractivity contribution in [2.24, 2.45) is 17.8 Å². The van der Waals surface area contributed by atoms with Crippen LogP contribution >= 0.6 is 0 Å². The van der Waals surface area contributed by atoms with Crippen molar-refractivity contribution in [2.75, 3.05) is 45.9 Å². The summed E-state index contributed by atoms with van der Waals surface area (Å²) in [5.74, 6) is -0.731. The van der Waals surface area contributed by atoms with Gasteiger partial charge in [0.2, 0.25) is 0 Å². The molecular formula is C44H72N4O9. The minimum absolute atomic E-state index is 0.0443. The van der Waals surface area contributed by atoms with Crippen LogP contribution in [0.5, 0.6) is 0 Å². The Morgan fingerprint density at radius 3 is 2.33 bits per heavy atom. The lowest BCUT2D eigenvalue weighted by molar-refractivity contribution is -0.150. The van der Waals surface area contributed by atoms with Gasteiger partial charge in [0.15, 0.2) is 6.10 Å². The van der Waals surface area contributed by atoms with E-state index < -0.39 is 41.7 Å². The molecule has 2 saturated heterocycles. The molecule has 0 aromatic rings. The van der Waals surface area contributed by atoms with Gasteiger partial charge in [0.05, 0.1) is 12.6 Å². The summed E-state index contributed by atoms with van der Waals surface area (Å²) in [6.45, 7) is 18.8. The van der Waals surface area contributed by atoms with E-state index in [1.165, 1.54) is 38.5 Å². The summed E-state index contributed by atoms with van der Waals surface area (Å²) in [5.41, 5.74) is -1.11. The van der Waals surface area contributed by atoms with Crippen molar-refractivity contribution in [3.8, 4) is 0 Å². The number of cyclic esters (lactones) is 1. The van der Waals surface area contributed by atoms with Crippen molar-refractivity contribution in [2.45, 2.75) is 155 Å². The largest absolute Gasteiger partial charge is 0.457 e. The number of nitrogens with one attached hydrogen (secondary N) is 1. The molecule has 0 radical (unpaired) electrons. The van der Waals surface area contributed by atoms with E-state index in [0.717, 1.165) is 18.7 Å². The first kappa shape index (κ1) is 46.1. The zero-order chi connectivity index (χ0) is 41.8. The first-order chi connectivity index (χ1) is 26.9. The van der Waals surface area contributed by atoms with Gasteiger partial charge in [-0.05, 0) is 84.3 Å². The van der Waals surface area contributed by atoms with E-state index in [9.17, 15) is 24.3 Å². The first-order valence-corrected chi connectivity index (χ1v) is 21.5. The van der Waals surface area contributed by atoms with Gasteiger partial charge in [0, 0.05) is 63.6 Å². The highest BCUT2D eigenvalue weighted by atomic mass is 16.6. The van der Waals surface area contributed by atoms with E-state index >= 15 is 0 Å². The van der Waals surface area contributed by atoms with Gasteiger partial charge in [0.1, 0.15) is 17.3 Å². The molecule has 0 spiro atoms. The van der Waals surface area contributed by atoms with Gasteiger partial charge in [-0.25, -0.2) is 14.4 Å². The molecule has 3 heterocycles. The van der Waals surface area contributed by atoms with Crippen molar-refractivity contribution < 1.29 is 43.2 Å². The van der Waals surface area contributed by atoms with Crippen molar-refractivity contribution in [3.05, 3.63) is 36.0 Å². The van der Waals surface area contributed by atoms with Crippen LogP contribution in [-0.2, 0) is 23.7 Å². The van der Waals surface area contributed by atoms with Crippen molar-refractivity contribution >= 4 is 24.2 Å². The van der Waals surface area contributed by atoms with E-state index in [1.807, 2.05) is 52.0 Å². The number of hydrogen-bond acceptors (Lipinski definition) is 10. The first-order valence-electron chi connectivity index (χ1n) is 21.5. The van der Waals surface area contributed by atoms with Gasteiger partial charge < -0.3 is 39.2 Å². The summed E-state index contributed by atoms with van der Waals surface area (Å²) in [5, 5.41) is 14.5. The smallest absolute Gasteiger partial charge is 0.410 e. The number of carbonyl (C=O) groups is 4. The molecule has 322 valence electrons. The van der Waals surface area contributed by atoms with Crippen LogP contribution in [0.2, 0.25) is 0 Å². The standard InChI is InChI=1S/C44H72N4O9/c1-31-20-22-44(8,53)37(55-42(52)47-26-24-46(25-27-47)36-16-11-9-10-12-17-36)19-18-34(4)39(56-38(49)28-31)33(3)15-13-14-32(2)30-54-41(51)48-23-21-35(29-48)45-40(50)57-43(5,6)7/h13-15,18-19,31-32,34-37,39,53H,9-12,16-17,20-30H2,1-8H3,(H,45,50)/b14-13+,19-18+,33-15+/t31-,32-,34+,35-,37+,39-,44-/m1/s1. The summed E-state index contributed by atoms with van der Waals surface area (Å²) in [6, 6.07) is 0.401. The number of aliphatic hydroxyl groups is 1. The maximum atomic E-state index is 13.5. The maximum absolute atomic E-state index is 13.5. The number of esters is 1. The third-order valence-corrected chi connectivity index (χ3v) is 11.6. The zero-order valence-electron chi connectivity index (χ0n) is 36.0. The van der Waals surface area contributed by atoms with Crippen LogP contribution in [0.4, 0.5) is 14.4 Å². The number of nitrogens with zero attached hydrogens (tertiary/aromatic N) is 3. The Hall–Kier alpha value is -3.58. The second-order valence-corrected chi connectivity index (χ2v) is 18.3. The molecule has 3 fully saturated rings. The molecular weight excluding hydrogens is 729 g/mol. The quantitative estimate of drug-likeness (QED) is 0.0838. The van der Waals surface area contributed by atoms with E-state index in [1.54, 1.807) is 43.6 Å². The number of piperazine rings is 1. The van der Waals surface area contributed by atoms with Crippen LogP contribution in [0.25, 0.3) is 0 Å². The Bertz CT molecular complexity index is 1420. The fourth-order valence-corrected chi connectivity index (χ4v) is 8.06. The second-order valence-electron chi connectivity index (χ2n) is 18.3. The normalized spacial score (nSPS) is 30.4. The lowest BCUT2D eigenvalue weighted by atomic mass is 9.87. The molecule has 1 saturated carbocycles. The minimum atomic E-state index is -1.33. The van der Waals surface area contributed by atoms with E-state index in [4.69, 9.17) is 18.9 Å². The molecule has 4 aliphatic rings. The topological polar surface area (TPSA) is 147 Å². The van der Waals surface area contributed by atoms with Crippen LogP contribution in [0.15, 0.2) is 36.0 Å². The van der Waals surface area contributed by atoms with E-state index in [0.29, 0.717) is 51.5 Å². The fraction of sp³-hybridized carbons (Fsp3) is 0.773. The zero-order valence-corrected chi connectivity index (χ0v) is 36.0. The maximum Gasteiger partial charge on any atom is 0.410 e. The van der Waals surface area contributed by atoms with Gasteiger partial charge in [-0.3, -0.25) is 9.69 Å². The summed E-state index contributed by atoms with van der Waals surface area (Å²) in [4.78, 5) is 57.4. The van der Waals surface area contributed by atoms with Crippen LogP contribution in [0, 0.1) is 17.8 Å². The fourth-order valence-electron chi connectivity index (χ4n) is 8.06. The molecule has 13 heteroatoms. The van der Waals surface area contributed by atoms with Gasteiger partial charge in [0.25, 0.3) is 0 Å². The Morgan fingerprint density at radius 2 is 1.67 bits per heavy atom. The molecule has 7 atom stereocenters. The number of rotatable bonds is 8. The predicted molar refractivity (Wildman–Crippen MR) is 219 cm³/mol. The minimum Gasteiger partial charge on any atom is -0.457 e. The predicted octanol–water partition coefficient (Wildman–Crippen LogP) is 7.38. The van der Waals surface area contributed by atoms with Crippen molar-refractivity contribution in [3.63, 3.8) is 0 Å². The van der Waals surface area contributed by atoms with Gasteiger partial charge in [-0.2, -0.15) is 0 Å². The van der Waals surface area contributed by atoms with Crippen LogP contribution < -0.4 is 5.32 Å². The second kappa shape index (κ2) is 21.4. The summed E-state index contributed by atoms with van der Waals surface area (Å²) in [7, 11) is 0. The molecule has 0 unspecified atom stereocenters. The molecule has 13 nitrogen and oxygen atoms in total. The van der Waals surface area contributed by atoms with Crippen molar-refractivity contribution in [1.82, 2.24) is 20.0 Å². The Kier molecular flexibility index (Phi) is 17.3. The SMILES string of the molecule is C/C(=C\C=C\[C@@H](C)COC(=O)N1CC[C@@H](NC(=O)OC(C)(C)C)C1)[C@H]1OC(=O)C[C@H](C)CC[C@@](C)(O)[C@@H](OC(=O)N2CCN(C3CCCCCC3)CC2)/C=C/[C@@H]1C. The molecule has 1 aliphatic carbocycles. The lowest BCUT2D eigenvalue weighted by Gasteiger charge is -2.40. The number of ether oxygens (including phenoxy) is 4. The van der Waals surface area contributed by atoms with Crippen molar-refractivity contribution in [1.29, 1.82) is 0 Å². The number of amides is 3. The highest BCUT2D eigenvalue weighted by Crippen LogP contribution is 2.30. The van der Waals surface area contributed by atoms with Gasteiger partial charge in [-0.15, -0.1) is 0 Å². The van der Waals surface area contributed by atoms with E-state index in [-0.39, 0.29) is 42.8 Å². The average molecular weight is 801 g/mol. The molecule has 3 amide bonds. The summed E-state index contributed by atoms with van der Waals surface area (Å²) >= 11 is 0. The van der Waals surface area contributed by atoms with Crippen LogP contribution in [-0.4, -0.2) is 125 Å². The molecule has 0 aromatic heterocycles. The van der Waals surface area contributed by atoms with Crippen LogP contribution in [0.3, 0.4) is 0 Å². The third-order valence-electron chi connectivity index (χ3n) is 11.6. The van der Waals surface area contributed by atoms with Crippen LogP contribution in [0.1, 0.15) is 120 Å². The highest BCUT2D eigenvalue weighted by Gasteiger charge is 2.37. The Morgan fingerprint density at radius 1 is 0.982 bits per heavy atom. The molecule has 0 aromatic carbocycles. The van der Waals surface area contributed by atoms with Gasteiger partial charge in [-0.1, -0.05) is 70.8 Å². The number of likely N-dealkylation sites (tertiary alicyclic amines) is 1. The lowest BCUT2D eigenvalue weighted by Crippen LogP contribution is -2.53.